The van der Waals surface area contributed by atoms with Gasteiger partial charge in [-0.15, -0.1) is 0 Å². The van der Waals surface area contributed by atoms with E-state index in [1.165, 1.54) is 38.8 Å². The maximum absolute atomic E-state index is 14.5. The van der Waals surface area contributed by atoms with Gasteiger partial charge in [0, 0.05) is 16.7 Å². The summed E-state index contributed by atoms with van der Waals surface area (Å²) in [4.78, 5) is 21.9. The highest BCUT2D eigenvalue weighted by atomic mass is 127. The van der Waals surface area contributed by atoms with Gasteiger partial charge in [0.1, 0.15) is 18.7 Å². The van der Waals surface area contributed by atoms with Crippen molar-refractivity contribution >= 4 is 35.1 Å². The van der Waals surface area contributed by atoms with Crippen LogP contribution in [0.3, 0.4) is 0 Å². The molecule has 8 aromatic rings. The first-order valence-electron chi connectivity index (χ1n) is 18.1. The second-order valence-corrected chi connectivity index (χ2v) is 12.3. The molecule has 8 rings (SSSR count). The normalized spacial score (nSPS) is 10.4. The van der Waals surface area contributed by atoms with Crippen LogP contribution >= 0.6 is 22.6 Å². The Kier molecular flexibility index (Phi) is 16.5. The van der Waals surface area contributed by atoms with E-state index in [2.05, 4.69) is 60.8 Å². The molecule has 12 heteroatoms. The van der Waals surface area contributed by atoms with Gasteiger partial charge in [-0.25, -0.2) is 24.0 Å². The van der Waals surface area contributed by atoms with E-state index >= 15 is 0 Å². The summed E-state index contributed by atoms with van der Waals surface area (Å²) < 4.78 is 32.1. The number of halogens is 3. The number of carbonyl (C=O) groups excluding carboxylic acids is 1. The Labute approximate surface area is 355 Å². The number of aromatic nitrogens is 4. The van der Waals surface area contributed by atoms with Crippen molar-refractivity contribution in [1.29, 1.82) is 0 Å². The number of hydrogen-bond acceptors (Lipinski definition) is 7. The third-order valence-electron chi connectivity index (χ3n) is 8.72. The molecule has 9 nitrogen and oxygen atoms in total. The number of oxime groups is 1. The molecule has 0 fully saturated rings. The highest BCUT2D eigenvalue weighted by Crippen LogP contribution is 2.31. The molecule has 6 aromatic carbocycles. The number of alkyl halides is 1. The van der Waals surface area contributed by atoms with Crippen LogP contribution in [0.1, 0.15) is 15.9 Å². The van der Waals surface area contributed by atoms with Crippen molar-refractivity contribution in [3.05, 3.63) is 193 Å². The zero-order valence-electron chi connectivity index (χ0n) is 32.5. The second-order valence-electron chi connectivity index (χ2n) is 12.3. The molecule has 2 N–H and O–H groups in total. The average molecular weight is 903 g/mol. The van der Waals surface area contributed by atoms with Gasteiger partial charge in [-0.05, 0) is 75.7 Å². The van der Waals surface area contributed by atoms with Crippen LogP contribution in [0.5, 0.6) is 0 Å². The molecular formula is C47H41F2IN6O3. The molecule has 59 heavy (non-hydrogen) atoms. The Balaban J connectivity index is 0.000000203. The molecule has 0 aliphatic heterocycles. The third kappa shape index (κ3) is 10.9. The Morgan fingerprint density at radius 3 is 1.31 bits per heavy atom. The van der Waals surface area contributed by atoms with Crippen LogP contribution < -0.4 is 5.90 Å². The summed E-state index contributed by atoms with van der Waals surface area (Å²) in [5.41, 5.74) is 8.89. The topological polar surface area (TPSA) is 110 Å². The van der Waals surface area contributed by atoms with Gasteiger partial charge in [0.2, 0.25) is 0 Å². The van der Waals surface area contributed by atoms with Crippen molar-refractivity contribution in [3.63, 3.8) is 0 Å². The molecule has 0 radical (unpaired) electrons. The van der Waals surface area contributed by atoms with Crippen molar-refractivity contribution in [1.82, 2.24) is 19.6 Å². The Morgan fingerprint density at radius 2 is 0.915 bits per heavy atom. The fourth-order valence-electron chi connectivity index (χ4n) is 6.10. The summed E-state index contributed by atoms with van der Waals surface area (Å²) in [5, 5.41) is 12.6. The fraction of sp³-hybridized carbons (Fsp3) is 0.0638. The van der Waals surface area contributed by atoms with Crippen molar-refractivity contribution in [2.75, 3.05) is 19.2 Å². The summed E-state index contributed by atoms with van der Waals surface area (Å²) in [6.07, 6.45) is 5.34. The van der Waals surface area contributed by atoms with Gasteiger partial charge < -0.3 is 9.68 Å². The molecule has 0 amide bonds. The Hall–Kier alpha value is -6.61. The zero-order valence-corrected chi connectivity index (χ0v) is 34.7. The lowest BCUT2D eigenvalue weighted by molar-refractivity contribution is 0.112. The minimum Gasteiger partial charge on any atom is -0.399 e. The van der Waals surface area contributed by atoms with Crippen molar-refractivity contribution < 1.29 is 23.3 Å². The number of carbonyl (C=O) groups is 1. The first-order valence-corrected chi connectivity index (χ1v) is 20.2. The van der Waals surface area contributed by atoms with E-state index in [0.717, 1.165) is 33.6 Å². The fourth-order valence-corrected chi connectivity index (χ4v) is 6.10. The number of benzene rings is 6. The molecule has 0 atom stereocenters. The highest BCUT2D eigenvalue weighted by molar-refractivity contribution is 14.1. The molecule has 298 valence electrons. The zero-order chi connectivity index (χ0) is 42.0. The first-order chi connectivity index (χ1) is 29.0. The summed E-state index contributed by atoms with van der Waals surface area (Å²) in [5.74, 6) is 3.63. The average Bonchev–Trinajstić information content (AvgIpc) is 3.92. The monoisotopic (exact) mass is 902 g/mol. The molecule has 0 unspecified atom stereocenters. The molecule has 0 saturated heterocycles. The van der Waals surface area contributed by atoms with Crippen molar-refractivity contribution in [2.45, 2.75) is 0 Å². The van der Waals surface area contributed by atoms with E-state index in [4.69, 9.17) is 4.84 Å². The standard InChI is InChI=1S/C23H18FN3O.C22H15FN2O.CH3I.CH5NO/c1-28-26-16-19-15-25-27(23(19)21-9-5-6-10-22(21)24)20-13-11-18(12-14-20)17-7-3-2-4-8-17;23-21-9-5-4-8-20(21)22-18(15-26)14-24-25(22)19-12-10-17(11-13-19)16-6-2-1-3-7-16;1-2;1-3-2/h2-16H,1H3;1-15H;1H3;2H2,1H3/b26-16+;;;. The Morgan fingerprint density at radius 1 is 0.559 bits per heavy atom. The van der Waals surface area contributed by atoms with Crippen LogP contribution in [0.25, 0.3) is 56.1 Å². The smallest absolute Gasteiger partial charge is 0.153 e. The molecule has 2 aromatic heterocycles. The summed E-state index contributed by atoms with van der Waals surface area (Å²) in [7, 11) is 2.87. The van der Waals surface area contributed by atoms with Gasteiger partial charge in [-0.3, -0.25) is 4.79 Å². The van der Waals surface area contributed by atoms with Gasteiger partial charge in [-0.1, -0.05) is 137 Å². The Bertz CT molecular complexity index is 2540. The first kappa shape index (κ1) is 43.5. The van der Waals surface area contributed by atoms with E-state index in [-0.39, 0.29) is 5.82 Å². The highest BCUT2D eigenvalue weighted by Gasteiger charge is 2.18. The van der Waals surface area contributed by atoms with Crippen molar-refractivity contribution in [3.8, 4) is 56.1 Å². The lowest BCUT2D eigenvalue weighted by Crippen LogP contribution is -2.01. The SMILES string of the molecule is CI.CO/N=C/c1cnn(-c2ccc(-c3ccccc3)cc2)c1-c1ccccc1F.CON.O=Cc1cnn(-c2ccc(-c3ccccc3)cc2)c1-c1ccccc1F. The minimum absolute atomic E-state index is 0.322. The van der Waals surface area contributed by atoms with Crippen LogP contribution in [-0.2, 0) is 9.68 Å². The van der Waals surface area contributed by atoms with Gasteiger partial charge in [0.15, 0.2) is 6.29 Å². The molecule has 0 saturated carbocycles. The number of nitrogens with two attached hydrogens (primary N) is 1. The quantitative estimate of drug-likeness (QED) is 0.0508. The van der Waals surface area contributed by atoms with Gasteiger partial charge >= 0.3 is 0 Å². The van der Waals surface area contributed by atoms with E-state index in [1.807, 2.05) is 102 Å². The lowest BCUT2D eigenvalue weighted by atomic mass is 10.0. The molecule has 2 heterocycles. The number of rotatable bonds is 9. The van der Waals surface area contributed by atoms with E-state index in [1.54, 1.807) is 52.0 Å². The summed E-state index contributed by atoms with van der Waals surface area (Å²) in [6, 6.07) is 49.0. The number of hydrogen-bond donors (Lipinski definition) is 1. The molecule has 0 bridgehead atoms. The van der Waals surface area contributed by atoms with Crippen LogP contribution in [0.15, 0.2) is 175 Å². The van der Waals surface area contributed by atoms with Crippen molar-refractivity contribution in [2.24, 2.45) is 11.1 Å². The maximum atomic E-state index is 14.5. The molecular weight excluding hydrogens is 861 g/mol. The summed E-state index contributed by atoms with van der Waals surface area (Å²) >= 11 is 2.15. The minimum atomic E-state index is -0.391. The predicted molar refractivity (Wildman–Crippen MR) is 240 cm³/mol. The van der Waals surface area contributed by atoms with Crippen LogP contribution in [0.2, 0.25) is 0 Å². The van der Waals surface area contributed by atoms with Gasteiger partial charge in [-0.2, -0.15) is 10.2 Å². The molecule has 0 spiro atoms. The lowest BCUT2D eigenvalue weighted by Gasteiger charge is -2.11. The third-order valence-corrected chi connectivity index (χ3v) is 8.72. The second kappa shape index (κ2) is 22.4. The summed E-state index contributed by atoms with van der Waals surface area (Å²) in [6.45, 7) is 0. The molecule has 0 aliphatic carbocycles. The largest absolute Gasteiger partial charge is 0.399 e. The van der Waals surface area contributed by atoms with E-state index in [0.29, 0.717) is 39.9 Å². The predicted octanol–water partition coefficient (Wildman–Crippen LogP) is 11.0. The van der Waals surface area contributed by atoms with Gasteiger partial charge in [0.05, 0.1) is 54.0 Å². The van der Waals surface area contributed by atoms with E-state index in [9.17, 15) is 13.6 Å². The van der Waals surface area contributed by atoms with E-state index < -0.39 is 5.82 Å². The molecule has 0 aliphatic rings. The van der Waals surface area contributed by atoms with Crippen LogP contribution in [0, 0.1) is 11.6 Å². The van der Waals surface area contributed by atoms with Crippen LogP contribution in [-0.4, -0.2) is 51.2 Å². The maximum Gasteiger partial charge on any atom is 0.153 e. The van der Waals surface area contributed by atoms with Crippen LogP contribution in [0.4, 0.5) is 8.78 Å². The number of aldehydes is 1. The number of nitrogens with zero attached hydrogens (tertiary/aromatic N) is 5. The van der Waals surface area contributed by atoms with Gasteiger partial charge in [0.25, 0.3) is 0 Å².